The number of anilines is 3. The molecule has 7 heteroatoms. The third-order valence-electron chi connectivity index (χ3n) is 5.07. The number of H-pyrrole nitrogens is 1. The molecular formula is C18H29N7. The molecule has 0 saturated carbocycles. The number of nitrogens with two attached hydrogens (primary N) is 1. The molecule has 0 atom stereocenters. The molecule has 25 heavy (non-hydrogen) atoms. The molecule has 1 saturated heterocycles. The second-order valence-electron chi connectivity index (χ2n) is 7.03. The van der Waals surface area contributed by atoms with Gasteiger partial charge >= 0.3 is 0 Å². The minimum absolute atomic E-state index is 0.384. The van der Waals surface area contributed by atoms with E-state index in [4.69, 9.17) is 5.73 Å². The first-order valence-electron chi connectivity index (χ1n) is 8.92. The summed E-state index contributed by atoms with van der Waals surface area (Å²) in [6.07, 6.45) is 3.34. The van der Waals surface area contributed by atoms with Gasteiger partial charge in [0.2, 0.25) is 11.9 Å². The largest absolute Gasteiger partial charge is 0.378 e. The lowest BCUT2D eigenvalue weighted by Gasteiger charge is -2.36. The molecule has 0 bridgehead atoms. The fraction of sp³-hybridized carbons (Fsp3) is 0.556. The Morgan fingerprint density at radius 3 is 2.40 bits per heavy atom. The third-order valence-corrected chi connectivity index (χ3v) is 5.07. The van der Waals surface area contributed by atoms with Crippen LogP contribution in [0.3, 0.4) is 0 Å². The van der Waals surface area contributed by atoms with Gasteiger partial charge in [0.05, 0.1) is 0 Å². The van der Waals surface area contributed by atoms with Gasteiger partial charge in [-0.2, -0.15) is 4.98 Å². The maximum atomic E-state index is 5.61. The van der Waals surface area contributed by atoms with Crippen molar-refractivity contribution in [2.75, 3.05) is 56.3 Å². The summed E-state index contributed by atoms with van der Waals surface area (Å²) < 4.78 is 0. The maximum Gasteiger partial charge on any atom is 0.246 e. The van der Waals surface area contributed by atoms with Crippen molar-refractivity contribution in [3.05, 3.63) is 29.8 Å². The Morgan fingerprint density at radius 1 is 1.16 bits per heavy atom. The first-order valence-corrected chi connectivity index (χ1v) is 8.92. The average Bonchev–Trinajstić information content (AvgIpc) is 3.06. The van der Waals surface area contributed by atoms with Crippen LogP contribution in [-0.4, -0.2) is 66.9 Å². The Bertz CT molecular complexity index is 656. The molecule has 2 aromatic rings. The number of likely N-dealkylation sites (N-methyl/N-ethyl adjacent to an activating group) is 1. The Morgan fingerprint density at radius 2 is 1.84 bits per heavy atom. The summed E-state index contributed by atoms with van der Waals surface area (Å²) in [5.74, 6) is 1.11. The van der Waals surface area contributed by atoms with Gasteiger partial charge in [0, 0.05) is 45.5 Å². The Kier molecular flexibility index (Phi) is 5.43. The van der Waals surface area contributed by atoms with Crippen LogP contribution in [0.1, 0.15) is 18.4 Å². The molecule has 136 valence electrons. The van der Waals surface area contributed by atoms with Gasteiger partial charge in [-0.25, -0.2) is 5.10 Å². The van der Waals surface area contributed by atoms with E-state index in [2.05, 4.69) is 75.3 Å². The summed E-state index contributed by atoms with van der Waals surface area (Å²) >= 11 is 0. The second-order valence-corrected chi connectivity index (χ2v) is 7.03. The smallest absolute Gasteiger partial charge is 0.246 e. The van der Waals surface area contributed by atoms with Crippen molar-refractivity contribution < 1.29 is 0 Å². The molecule has 2 heterocycles. The normalized spacial score (nSPS) is 15.8. The number of nitrogens with one attached hydrogen (secondary N) is 1. The summed E-state index contributed by atoms with van der Waals surface area (Å²) in [6.45, 7) is 3.03. The molecule has 1 aliphatic rings. The molecule has 1 aliphatic heterocycles. The minimum atomic E-state index is 0.384. The monoisotopic (exact) mass is 343 g/mol. The van der Waals surface area contributed by atoms with Crippen molar-refractivity contribution >= 4 is 17.6 Å². The standard InChI is InChI=1S/C18H29N7/c1-23(2)15-6-4-14(5-7-15)8-11-24(3)16-9-12-25(13-10-16)18-20-17(19)21-22-18/h4-7,16H,8-13H2,1-3H3,(H3,19,20,21,22). The van der Waals surface area contributed by atoms with Gasteiger partial charge in [-0.3, -0.25) is 0 Å². The third kappa shape index (κ3) is 4.42. The summed E-state index contributed by atoms with van der Waals surface area (Å²) in [7, 11) is 6.38. The van der Waals surface area contributed by atoms with E-state index in [1.54, 1.807) is 0 Å². The molecule has 3 rings (SSSR count). The van der Waals surface area contributed by atoms with Crippen LogP contribution in [0.5, 0.6) is 0 Å². The molecule has 0 radical (unpaired) electrons. The van der Waals surface area contributed by atoms with Crippen LogP contribution >= 0.6 is 0 Å². The lowest BCUT2D eigenvalue weighted by atomic mass is 10.0. The van der Waals surface area contributed by atoms with Crippen LogP contribution in [0, 0.1) is 0 Å². The number of aromatic amines is 1. The van der Waals surface area contributed by atoms with Crippen molar-refractivity contribution in [2.24, 2.45) is 0 Å². The fourth-order valence-electron chi connectivity index (χ4n) is 3.36. The molecule has 0 unspecified atom stereocenters. The fourth-order valence-corrected chi connectivity index (χ4v) is 3.36. The predicted molar refractivity (Wildman–Crippen MR) is 103 cm³/mol. The van der Waals surface area contributed by atoms with Crippen LogP contribution < -0.4 is 15.5 Å². The van der Waals surface area contributed by atoms with Crippen molar-refractivity contribution in [3.63, 3.8) is 0 Å². The number of nitrogen functional groups attached to an aromatic ring is 1. The SMILES string of the molecule is CN(C)c1ccc(CCN(C)C2CCN(c3n[nH]c(N)n3)CC2)cc1. The number of rotatable bonds is 6. The Balaban J connectivity index is 1.45. The first-order chi connectivity index (χ1) is 12.0. The first kappa shape index (κ1) is 17.5. The minimum Gasteiger partial charge on any atom is -0.378 e. The van der Waals surface area contributed by atoms with Gasteiger partial charge in [0.25, 0.3) is 0 Å². The van der Waals surface area contributed by atoms with E-state index < -0.39 is 0 Å². The zero-order chi connectivity index (χ0) is 17.8. The highest BCUT2D eigenvalue weighted by molar-refractivity contribution is 5.46. The lowest BCUT2D eigenvalue weighted by molar-refractivity contribution is 0.209. The number of hydrogen-bond acceptors (Lipinski definition) is 6. The lowest BCUT2D eigenvalue weighted by Crippen LogP contribution is -2.44. The van der Waals surface area contributed by atoms with Gasteiger partial charge in [-0.05, 0) is 44.0 Å². The Hall–Kier alpha value is -2.28. The van der Waals surface area contributed by atoms with E-state index in [0.717, 1.165) is 44.8 Å². The zero-order valence-electron chi connectivity index (χ0n) is 15.4. The van der Waals surface area contributed by atoms with E-state index in [-0.39, 0.29) is 0 Å². The summed E-state index contributed by atoms with van der Waals surface area (Å²) in [6, 6.07) is 9.47. The van der Waals surface area contributed by atoms with Crippen LogP contribution in [-0.2, 0) is 6.42 Å². The second kappa shape index (κ2) is 7.74. The molecule has 1 aromatic carbocycles. The van der Waals surface area contributed by atoms with Crippen LogP contribution in [0.25, 0.3) is 0 Å². The molecule has 1 aromatic heterocycles. The van der Waals surface area contributed by atoms with Gasteiger partial charge in [0.1, 0.15) is 0 Å². The molecule has 1 fully saturated rings. The summed E-state index contributed by atoms with van der Waals surface area (Å²) in [5.41, 5.74) is 8.26. The highest BCUT2D eigenvalue weighted by Crippen LogP contribution is 2.20. The van der Waals surface area contributed by atoms with E-state index in [9.17, 15) is 0 Å². The number of hydrogen-bond donors (Lipinski definition) is 2. The molecule has 0 aliphatic carbocycles. The van der Waals surface area contributed by atoms with E-state index in [1.165, 1.54) is 11.3 Å². The molecular weight excluding hydrogens is 314 g/mol. The van der Waals surface area contributed by atoms with Crippen molar-refractivity contribution in [3.8, 4) is 0 Å². The van der Waals surface area contributed by atoms with E-state index in [0.29, 0.717) is 12.0 Å². The predicted octanol–water partition coefficient (Wildman–Crippen LogP) is 1.60. The zero-order valence-corrected chi connectivity index (χ0v) is 15.4. The van der Waals surface area contributed by atoms with Crippen molar-refractivity contribution in [1.82, 2.24) is 20.1 Å². The Labute approximate surface area is 149 Å². The summed E-state index contributed by atoms with van der Waals surface area (Å²) in [4.78, 5) is 11.0. The van der Waals surface area contributed by atoms with Gasteiger partial charge in [-0.15, -0.1) is 5.10 Å². The van der Waals surface area contributed by atoms with Crippen LogP contribution in [0.15, 0.2) is 24.3 Å². The van der Waals surface area contributed by atoms with Gasteiger partial charge < -0.3 is 20.4 Å². The topological polar surface area (TPSA) is 77.3 Å². The number of nitrogens with zero attached hydrogens (tertiary/aromatic N) is 5. The van der Waals surface area contributed by atoms with Crippen LogP contribution in [0.2, 0.25) is 0 Å². The van der Waals surface area contributed by atoms with E-state index in [1.807, 2.05) is 0 Å². The highest BCUT2D eigenvalue weighted by atomic mass is 15.4. The van der Waals surface area contributed by atoms with E-state index >= 15 is 0 Å². The number of aromatic nitrogens is 3. The number of piperidine rings is 1. The molecule has 0 spiro atoms. The summed E-state index contributed by atoms with van der Waals surface area (Å²) in [5, 5.41) is 6.86. The average molecular weight is 343 g/mol. The van der Waals surface area contributed by atoms with Crippen molar-refractivity contribution in [1.29, 1.82) is 0 Å². The van der Waals surface area contributed by atoms with Crippen LogP contribution in [0.4, 0.5) is 17.6 Å². The molecule has 3 N–H and O–H groups in total. The molecule has 0 amide bonds. The molecule has 7 nitrogen and oxygen atoms in total. The quantitative estimate of drug-likeness (QED) is 0.829. The van der Waals surface area contributed by atoms with Crippen molar-refractivity contribution in [2.45, 2.75) is 25.3 Å². The number of benzene rings is 1. The highest BCUT2D eigenvalue weighted by Gasteiger charge is 2.24. The maximum absolute atomic E-state index is 5.61. The van der Waals surface area contributed by atoms with Gasteiger partial charge in [0.15, 0.2) is 0 Å². The van der Waals surface area contributed by atoms with Gasteiger partial charge in [-0.1, -0.05) is 12.1 Å².